The molecule has 5 heteroatoms. The summed E-state index contributed by atoms with van der Waals surface area (Å²) in [4.78, 5) is 17.2. The molecule has 2 aliphatic heterocycles. The van der Waals surface area contributed by atoms with Crippen molar-refractivity contribution in [3.05, 3.63) is 35.9 Å². The van der Waals surface area contributed by atoms with Crippen LogP contribution in [0.1, 0.15) is 59.4 Å². The second-order valence-electron chi connectivity index (χ2n) is 8.99. The smallest absolute Gasteiger partial charge is 0.412 e. The molecule has 0 saturated carbocycles. The van der Waals surface area contributed by atoms with Crippen molar-refractivity contribution < 1.29 is 14.3 Å². The lowest BCUT2D eigenvalue weighted by Gasteiger charge is -2.41. The van der Waals surface area contributed by atoms with Gasteiger partial charge >= 0.3 is 6.09 Å². The van der Waals surface area contributed by atoms with Gasteiger partial charge < -0.3 is 9.47 Å². The zero-order chi connectivity index (χ0) is 19.7. The predicted octanol–water partition coefficient (Wildman–Crippen LogP) is 4.41. The van der Waals surface area contributed by atoms with Gasteiger partial charge in [-0.2, -0.15) is 0 Å². The first-order chi connectivity index (χ1) is 12.7. The minimum Gasteiger partial charge on any atom is -0.445 e. The van der Waals surface area contributed by atoms with E-state index >= 15 is 0 Å². The lowest BCUT2D eigenvalue weighted by atomic mass is 9.97. The Morgan fingerprint density at radius 3 is 2.56 bits per heavy atom. The summed E-state index contributed by atoms with van der Waals surface area (Å²) in [5.41, 5.74) is 0.297. The molecule has 2 heterocycles. The van der Waals surface area contributed by atoms with E-state index in [0.717, 1.165) is 19.5 Å². The van der Waals surface area contributed by atoms with Gasteiger partial charge in [0.15, 0.2) is 0 Å². The first-order valence-corrected chi connectivity index (χ1v) is 10.1. The standard InChI is InChI=1S/C22H34N2O3/c1-17(27-20(25)24-21(2,3)16-26-22(24,4)5)19-13-9-10-14-23(19)15-18-11-7-6-8-12-18/h6-8,11-12,17,19H,9-10,13-16H2,1-5H3/t17-,19-/m1/s1. The van der Waals surface area contributed by atoms with Crippen molar-refractivity contribution in [1.82, 2.24) is 9.80 Å². The Bertz CT molecular complexity index is 628. The second-order valence-corrected chi connectivity index (χ2v) is 8.99. The summed E-state index contributed by atoms with van der Waals surface area (Å²) in [5, 5.41) is 0. The van der Waals surface area contributed by atoms with Crippen molar-refractivity contribution in [1.29, 1.82) is 0 Å². The molecule has 0 aliphatic carbocycles. The molecule has 2 saturated heterocycles. The van der Waals surface area contributed by atoms with E-state index in [1.807, 2.05) is 40.7 Å². The summed E-state index contributed by atoms with van der Waals surface area (Å²) in [5.74, 6) is 0. The average Bonchev–Trinajstić information content (AvgIpc) is 2.84. The van der Waals surface area contributed by atoms with Crippen LogP contribution in [0.15, 0.2) is 30.3 Å². The zero-order valence-electron chi connectivity index (χ0n) is 17.4. The molecular weight excluding hydrogens is 340 g/mol. The number of likely N-dealkylation sites (tertiary alicyclic amines) is 1. The Balaban J connectivity index is 1.68. The van der Waals surface area contributed by atoms with Crippen molar-refractivity contribution in [3.8, 4) is 0 Å². The monoisotopic (exact) mass is 374 g/mol. The highest BCUT2D eigenvalue weighted by atomic mass is 16.6. The number of piperidine rings is 1. The topological polar surface area (TPSA) is 42.0 Å². The highest BCUT2D eigenvalue weighted by Crippen LogP contribution is 2.35. The minimum absolute atomic E-state index is 0.159. The van der Waals surface area contributed by atoms with E-state index in [0.29, 0.717) is 6.61 Å². The Morgan fingerprint density at radius 1 is 1.22 bits per heavy atom. The number of benzene rings is 1. The van der Waals surface area contributed by atoms with E-state index < -0.39 is 5.72 Å². The van der Waals surface area contributed by atoms with Crippen molar-refractivity contribution in [2.45, 2.75) is 83.8 Å². The average molecular weight is 375 g/mol. The molecule has 150 valence electrons. The van der Waals surface area contributed by atoms with Gasteiger partial charge in [-0.1, -0.05) is 36.8 Å². The predicted molar refractivity (Wildman–Crippen MR) is 106 cm³/mol. The fraction of sp³-hybridized carbons (Fsp3) is 0.682. The summed E-state index contributed by atoms with van der Waals surface area (Å²) >= 11 is 0. The molecule has 0 bridgehead atoms. The molecule has 1 amide bonds. The number of hydrogen-bond acceptors (Lipinski definition) is 4. The molecule has 3 rings (SSSR count). The summed E-state index contributed by atoms with van der Waals surface area (Å²) in [6.45, 7) is 12.4. The molecule has 0 unspecified atom stereocenters. The number of hydrogen-bond donors (Lipinski definition) is 0. The molecule has 5 nitrogen and oxygen atoms in total. The Kier molecular flexibility index (Phi) is 5.82. The minimum atomic E-state index is -0.642. The molecule has 2 fully saturated rings. The lowest BCUT2D eigenvalue weighted by molar-refractivity contribution is -0.0669. The molecule has 2 atom stereocenters. The third kappa shape index (κ3) is 4.46. The molecular formula is C22H34N2O3. The van der Waals surface area contributed by atoms with Crippen LogP contribution in [0.5, 0.6) is 0 Å². The van der Waals surface area contributed by atoms with Gasteiger partial charge in [0.25, 0.3) is 0 Å². The molecule has 2 aliphatic rings. The van der Waals surface area contributed by atoms with E-state index in [1.54, 1.807) is 4.90 Å². The number of carbonyl (C=O) groups excluding carboxylic acids is 1. The van der Waals surface area contributed by atoms with Gasteiger partial charge in [-0.25, -0.2) is 4.79 Å². The molecule has 0 spiro atoms. The van der Waals surface area contributed by atoms with Gasteiger partial charge in [0.2, 0.25) is 0 Å². The summed E-state index contributed by atoms with van der Waals surface area (Å²) in [6.07, 6.45) is 3.00. The van der Waals surface area contributed by atoms with Crippen LogP contribution < -0.4 is 0 Å². The van der Waals surface area contributed by atoms with Gasteiger partial charge in [-0.3, -0.25) is 9.80 Å². The SMILES string of the molecule is C[C@@H](OC(=O)N1C(C)(C)COC1(C)C)[C@H]1CCCCN1Cc1ccccc1. The quantitative estimate of drug-likeness (QED) is 0.783. The third-order valence-electron chi connectivity index (χ3n) is 5.83. The van der Waals surface area contributed by atoms with Crippen molar-refractivity contribution in [2.75, 3.05) is 13.2 Å². The Hall–Kier alpha value is -1.59. The fourth-order valence-electron chi connectivity index (χ4n) is 4.53. The van der Waals surface area contributed by atoms with Gasteiger partial charge in [-0.15, -0.1) is 0 Å². The van der Waals surface area contributed by atoms with Crippen LogP contribution in [0.25, 0.3) is 0 Å². The van der Waals surface area contributed by atoms with Gasteiger partial charge in [0, 0.05) is 12.6 Å². The maximum atomic E-state index is 13.0. The van der Waals surface area contributed by atoms with E-state index in [2.05, 4.69) is 29.2 Å². The van der Waals surface area contributed by atoms with Crippen LogP contribution in [-0.4, -0.2) is 52.5 Å². The third-order valence-corrected chi connectivity index (χ3v) is 5.83. The Morgan fingerprint density at radius 2 is 1.93 bits per heavy atom. The fourth-order valence-corrected chi connectivity index (χ4v) is 4.53. The van der Waals surface area contributed by atoms with Gasteiger partial charge in [-0.05, 0) is 59.6 Å². The highest BCUT2D eigenvalue weighted by molar-refractivity contribution is 5.70. The maximum Gasteiger partial charge on any atom is 0.412 e. The van der Waals surface area contributed by atoms with Crippen LogP contribution in [0.3, 0.4) is 0 Å². The van der Waals surface area contributed by atoms with E-state index in [9.17, 15) is 4.79 Å². The second kappa shape index (κ2) is 7.80. The number of ether oxygens (including phenoxy) is 2. The molecule has 0 radical (unpaired) electrons. The van der Waals surface area contributed by atoms with Crippen LogP contribution in [-0.2, 0) is 16.0 Å². The van der Waals surface area contributed by atoms with E-state index in [1.165, 1.54) is 18.4 Å². The summed E-state index contributed by atoms with van der Waals surface area (Å²) in [6, 6.07) is 10.8. The van der Waals surface area contributed by atoms with Gasteiger partial charge in [0.1, 0.15) is 11.8 Å². The van der Waals surface area contributed by atoms with Crippen LogP contribution in [0.4, 0.5) is 4.79 Å². The molecule has 1 aromatic carbocycles. The van der Waals surface area contributed by atoms with Crippen LogP contribution in [0, 0.1) is 0 Å². The molecule has 0 N–H and O–H groups in total. The number of carbonyl (C=O) groups is 1. The summed E-state index contributed by atoms with van der Waals surface area (Å²) < 4.78 is 11.8. The van der Waals surface area contributed by atoms with Crippen molar-refractivity contribution in [3.63, 3.8) is 0 Å². The number of rotatable bonds is 4. The Labute approximate surface area is 163 Å². The normalized spacial score (nSPS) is 26.0. The molecule has 27 heavy (non-hydrogen) atoms. The van der Waals surface area contributed by atoms with Gasteiger partial charge in [0.05, 0.1) is 12.1 Å². The van der Waals surface area contributed by atoms with E-state index in [-0.39, 0.29) is 23.8 Å². The highest BCUT2D eigenvalue weighted by Gasteiger charge is 2.50. The summed E-state index contributed by atoms with van der Waals surface area (Å²) in [7, 11) is 0. The number of nitrogens with zero attached hydrogens (tertiary/aromatic N) is 2. The first kappa shape index (κ1) is 20.2. The largest absolute Gasteiger partial charge is 0.445 e. The van der Waals surface area contributed by atoms with Crippen molar-refractivity contribution >= 4 is 6.09 Å². The number of amides is 1. The molecule has 1 aromatic rings. The van der Waals surface area contributed by atoms with E-state index in [4.69, 9.17) is 9.47 Å². The lowest BCUT2D eigenvalue weighted by Crippen LogP contribution is -2.55. The van der Waals surface area contributed by atoms with Crippen LogP contribution >= 0.6 is 0 Å². The molecule has 0 aromatic heterocycles. The van der Waals surface area contributed by atoms with Crippen molar-refractivity contribution in [2.24, 2.45) is 0 Å². The zero-order valence-corrected chi connectivity index (χ0v) is 17.4. The maximum absolute atomic E-state index is 13.0. The first-order valence-electron chi connectivity index (χ1n) is 10.1. The van der Waals surface area contributed by atoms with Crippen LogP contribution in [0.2, 0.25) is 0 Å².